The van der Waals surface area contributed by atoms with E-state index in [9.17, 15) is 13.2 Å². The highest BCUT2D eigenvalue weighted by Gasteiger charge is 2.15. The molecule has 0 aliphatic rings. The van der Waals surface area contributed by atoms with Gasteiger partial charge in [0.1, 0.15) is 5.75 Å². The summed E-state index contributed by atoms with van der Waals surface area (Å²) >= 11 is 0.976. The quantitative estimate of drug-likeness (QED) is 0.740. The molecule has 2 N–H and O–H groups in total. The van der Waals surface area contributed by atoms with Crippen molar-refractivity contribution in [2.24, 2.45) is 0 Å². The lowest BCUT2D eigenvalue weighted by Crippen LogP contribution is -2.12. The third-order valence-electron chi connectivity index (χ3n) is 3.12. The Bertz CT molecular complexity index is 988. The van der Waals surface area contributed by atoms with Crippen LogP contribution in [0.5, 0.6) is 5.75 Å². The van der Waals surface area contributed by atoms with Gasteiger partial charge in [0, 0.05) is 5.69 Å². The molecule has 0 spiro atoms. The summed E-state index contributed by atoms with van der Waals surface area (Å²) in [5.74, 6) is 0.675. The van der Waals surface area contributed by atoms with Crippen molar-refractivity contribution in [3.63, 3.8) is 0 Å². The number of fused-ring (bicyclic) bond motifs is 1. The fourth-order valence-electron chi connectivity index (χ4n) is 2.09. The minimum absolute atomic E-state index is 0.106. The topological polar surface area (TPSA) is 88.3 Å². The van der Waals surface area contributed by atoms with Gasteiger partial charge in [0.25, 0.3) is 10.0 Å². The second-order valence-corrected chi connectivity index (χ2v) is 7.43. The zero-order valence-electron chi connectivity index (χ0n) is 12.2. The second kappa shape index (κ2) is 6.05. The van der Waals surface area contributed by atoms with Crippen LogP contribution < -0.4 is 14.3 Å². The third kappa shape index (κ3) is 3.38. The first-order chi connectivity index (χ1) is 11.0. The van der Waals surface area contributed by atoms with Crippen molar-refractivity contribution < 1.29 is 13.2 Å². The summed E-state index contributed by atoms with van der Waals surface area (Å²) in [6.45, 7) is 2.42. The number of hydrogen-bond acceptors (Lipinski definition) is 5. The number of aromatic amines is 1. The number of nitrogens with one attached hydrogen (secondary N) is 2. The molecule has 0 fully saturated rings. The second-order valence-electron chi connectivity index (χ2n) is 4.74. The standard InChI is InChI=1S/C15H14N2O4S2/c1-2-21-11-5-3-10(4-6-11)17-23(19,20)12-7-8-13-14(9-12)22-15(18)16-13/h3-9,17H,2H2,1H3,(H,16,18). The molecule has 3 rings (SSSR count). The minimum atomic E-state index is -3.72. The normalized spacial score (nSPS) is 11.5. The first kappa shape index (κ1) is 15.6. The zero-order valence-corrected chi connectivity index (χ0v) is 13.8. The third-order valence-corrected chi connectivity index (χ3v) is 5.34. The van der Waals surface area contributed by atoms with E-state index in [1.165, 1.54) is 12.1 Å². The van der Waals surface area contributed by atoms with Crippen LogP contribution in [0.1, 0.15) is 6.92 Å². The SMILES string of the molecule is CCOc1ccc(NS(=O)(=O)c2ccc3[nH]c(=O)sc3c2)cc1. The van der Waals surface area contributed by atoms with Crippen LogP contribution in [0, 0.1) is 0 Å². The highest BCUT2D eigenvalue weighted by atomic mass is 32.2. The number of rotatable bonds is 5. The molecule has 2 aromatic carbocycles. The van der Waals surface area contributed by atoms with E-state index in [4.69, 9.17) is 4.74 Å². The Morgan fingerprint density at radius 1 is 1.17 bits per heavy atom. The van der Waals surface area contributed by atoms with Crippen LogP contribution in [-0.2, 0) is 10.0 Å². The van der Waals surface area contributed by atoms with Crippen LogP contribution in [0.15, 0.2) is 52.2 Å². The Morgan fingerprint density at radius 3 is 2.61 bits per heavy atom. The average Bonchev–Trinajstić information content (AvgIpc) is 2.88. The molecule has 0 aliphatic carbocycles. The number of sulfonamides is 1. The number of benzene rings is 2. The van der Waals surface area contributed by atoms with Crippen molar-refractivity contribution in [1.29, 1.82) is 0 Å². The molecular weight excluding hydrogens is 336 g/mol. The van der Waals surface area contributed by atoms with E-state index in [0.717, 1.165) is 11.3 Å². The molecule has 8 heteroatoms. The maximum Gasteiger partial charge on any atom is 0.305 e. The summed E-state index contributed by atoms with van der Waals surface area (Å²) in [5, 5.41) is 0. The van der Waals surface area contributed by atoms with Gasteiger partial charge >= 0.3 is 4.87 Å². The van der Waals surface area contributed by atoms with Gasteiger partial charge in [-0.3, -0.25) is 9.52 Å². The van der Waals surface area contributed by atoms with Gasteiger partial charge in [-0.1, -0.05) is 11.3 Å². The molecule has 0 unspecified atom stereocenters. The lowest BCUT2D eigenvalue weighted by Gasteiger charge is -2.09. The Labute approximate surface area is 136 Å². The molecule has 0 aliphatic heterocycles. The fraction of sp³-hybridized carbons (Fsp3) is 0.133. The predicted molar refractivity (Wildman–Crippen MR) is 90.9 cm³/mol. The molecular formula is C15H14N2O4S2. The lowest BCUT2D eigenvalue weighted by molar-refractivity contribution is 0.340. The van der Waals surface area contributed by atoms with Gasteiger partial charge in [-0.2, -0.15) is 0 Å². The highest BCUT2D eigenvalue weighted by molar-refractivity contribution is 7.92. The van der Waals surface area contributed by atoms with Gasteiger partial charge in [0.15, 0.2) is 0 Å². The number of aromatic nitrogens is 1. The molecule has 0 amide bonds. The first-order valence-electron chi connectivity index (χ1n) is 6.86. The predicted octanol–water partition coefficient (Wildman–Crippen LogP) is 2.79. The van der Waals surface area contributed by atoms with E-state index in [-0.39, 0.29) is 9.77 Å². The molecule has 0 radical (unpaired) electrons. The van der Waals surface area contributed by atoms with Gasteiger partial charge in [-0.25, -0.2) is 8.42 Å². The van der Waals surface area contributed by atoms with Crippen LogP contribution in [-0.4, -0.2) is 20.0 Å². The number of ether oxygens (including phenoxy) is 1. The molecule has 23 heavy (non-hydrogen) atoms. The Kier molecular flexibility index (Phi) is 4.10. The molecule has 1 heterocycles. The summed E-state index contributed by atoms with van der Waals surface area (Å²) in [7, 11) is -3.72. The smallest absolute Gasteiger partial charge is 0.305 e. The molecule has 0 bridgehead atoms. The van der Waals surface area contributed by atoms with E-state index in [0.29, 0.717) is 28.3 Å². The van der Waals surface area contributed by atoms with Gasteiger partial charge in [-0.15, -0.1) is 0 Å². The van der Waals surface area contributed by atoms with Crippen LogP contribution in [0.25, 0.3) is 10.2 Å². The van der Waals surface area contributed by atoms with Crippen molar-refractivity contribution in [2.45, 2.75) is 11.8 Å². The van der Waals surface area contributed by atoms with Crippen LogP contribution in [0.2, 0.25) is 0 Å². The van der Waals surface area contributed by atoms with E-state index in [1.54, 1.807) is 30.3 Å². The molecule has 120 valence electrons. The van der Waals surface area contributed by atoms with Crippen LogP contribution >= 0.6 is 11.3 Å². The van der Waals surface area contributed by atoms with Crippen molar-refractivity contribution in [3.05, 3.63) is 52.1 Å². The molecule has 0 saturated heterocycles. The monoisotopic (exact) mass is 350 g/mol. The van der Waals surface area contributed by atoms with E-state index < -0.39 is 10.0 Å². The zero-order chi connectivity index (χ0) is 16.4. The molecule has 1 aromatic heterocycles. The van der Waals surface area contributed by atoms with Crippen molar-refractivity contribution in [2.75, 3.05) is 11.3 Å². The summed E-state index contributed by atoms with van der Waals surface area (Å²) in [6.07, 6.45) is 0. The summed E-state index contributed by atoms with van der Waals surface area (Å²) in [4.78, 5) is 13.8. The van der Waals surface area contributed by atoms with Gasteiger partial charge in [0.05, 0.1) is 21.7 Å². The number of thiazole rings is 1. The maximum atomic E-state index is 12.4. The average molecular weight is 350 g/mol. The lowest BCUT2D eigenvalue weighted by atomic mass is 10.3. The van der Waals surface area contributed by atoms with Gasteiger partial charge < -0.3 is 9.72 Å². The molecule has 6 nitrogen and oxygen atoms in total. The minimum Gasteiger partial charge on any atom is -0.494 e. The van der Waals surface area contributed by atoms with Gasteiger partial charge in [-0.05, 0) is 49.4 Å². The highest BCUT2D eigenvalue weighted by Crippen LogP contribution is 2.23. The van der Waals surface area contributed by atoms with Crippen molar-refractivity contribution >= 4 is 37.3 Å². The molecule has 0 saturated carbocycles. The summed E-state index contributed by atoms with van der Waals surface area (Å²) < 4.78 is 33.3. The number of H-pyrrole nitrogens is 1. The van der Waals surface area contributed by atoms with Crippen LogP contribution in [0.3, 0.4) is 0 Å². The summed E-state index contributed by atoms with van der Waals surface area (Å²) in [5.41, 5.74) is 1.07. The summed E-state index contributed by atoms with van der Waals surface area (Å²) in [6, 6.07) is 11.2. The van der Waals surface area contributed by atoms with E-state index in [2.05, 4.69) is 9.71 Å². The largest absolute Gasteiger partial charge is 0.494 e. The van der Waals surface area contributed by atoms with Gasteiger partial charge in [0.2, 0.25) is 0 Å². The van der Waals surface area contributed by atoms with E-state index in [1.807, 2.05) is 6.92 Å². The molecule has 3 aromatic rings. The Hall–Kier alpha value is -2.32. The van der Waals surface area contributed by atoms with Crippen molar-refractivity contribution in [3.8, 4) is 5.75 Å². The fourth-order valence-corrected chi connectivity index (χ4v) is 4.03. The first-order valence-corrected chi connectivity index (χ1v) is 9.16. The van der Waals surface area contributed by atoms with E-state index >= 15 is 0 Å². The Morgan fingerprint density at radius 2 is 1.91 bits per heavy atom. The number of hydrogen-bond donors (Lipinski definition) is 2. The Balaban J connectivity index is 1.88. The molecule has 0 atom stereocenters. The van der Waals surface area contributed by atoms with Crippen LogP contribution in [0.4, 0.5) is 5.69 Å². The van der Waals surface area contributed by atoms with Crippen molar-refractivity contribution in [1.82, 2.24) is 4.98 Å². The maximum absolute atomic E-state index is 12.4. The number of anilines is 1.